The summed E-state index contributed by atoms with van der Waals surface area (Å²) in [4.78, 5) is 4.59. The monoisotopic (exact) mass is 610 g/mol. The summed E-state index contributed by atoms with van der Waals surface area (Å²) in [6, 6.07) is 38.4. The van der Waals surface area contributed by atoms with Gasteiger partial charge >= 0.3 is 0 Å². The fraction of sp³-hybridized carbons (Fsp3) is 0.250. The van der Waals surface area contributed by atoms with Gasteiger partial charge in [0.1, 0.15) is 29.4 Å². The van der Waals surface area contributed by atoms with E-state index in [-0.39, 0.29) is 26.4 Å². The third-order valence-corrected chi connectivity index (χ3v) is 8.04. The molecule has 8 heteroatoms. The number of rotatable bonds is 17. The van der Waals surface area contributed by atoms with Crippen molar-refractivity contribution in [3.8, 4) is 0 Å². The summed E-state index contributed by atoms with van der Waals surface area (Å²) in [6.07, 6.45) is -1.07. The van der Waals surface area contributed by atoms with Crippen LogP contribution in [0.1, 0.15) is 33.3 Å². The molecule has 0 aliphatic carbocycles. The topological polar surface area (TPSA) is 84.3 Å². The Kier molecular flexibility index (Phi) is 12.2. The van der Waals surface area contributed by atoms with E-state index in [0.29, 0.717) is 11.6 Å². The van der Waals surface area contributed by atoms with Gasteiger partial charge in [0.05, 0.1) is 26.4 Å². The molecule has 1 heterocycles. The van der Waals surface area contributed by atoms with E-state index in [0.717, 1.165) is 22.3 Å². The van der Waals surface area contributed by atoms with E-state index < -0.39 is 24.4 Å². The zero-order chi connectivity index (χ0) is 30.4. The lowest BCUT2D eigenvalue weighted by Crippen LogP contribution is -2.50. The molecule has 4 aromatic carbocycles. The van der Waals surface area contributed by atoms with Crippen LogP contribution in [-0.4, -0.2) is 45.3 Å². The molecule has 2 N–H and O–H groups in total. The van der Waals surface area contributed by atoms with E-state index in [1.165, 1.54) is 16.4 Å². The third kappa shape index (κ3) is 9.38. The first kappa shape index (κ1) is 31.7. The molecule has 0 spiro atoms. The Bertz CT molecular complexity index is 1460. The SMILES string of the molecule is O[C@H](COCc1ccccc1)[C@H](OCc1ccccc1)[C@H](OCc1ccccc1)[C@@H](c1nccs1)N(O)Cc1ccccc1. The van der Waals surface area contributed by atoms with Crippen LogP contribution >= 0.6 is 11.3 Å². The molecule has 0 fully saturated rings. The fourth-order valence-electron chi connectivity index (χ4n) is 4.98. The maximum atomic E-state index is 11.7. The predicted molar refractivity (Wildman–Crippen MR) is 171 cm³/mol. The summed E-state index contributed by atoms with van der Waals surface area (Å²) in [5, 5.41) is 27.1. The first-order valence-corrected chi connectivity index (χ1v) is 15.5. The highest BCUT2D eigenvalue weighted by molar-refractivity contribution is 7.09. The van der Waals surface area contributed by atoms with Crippen molar-refractivity contribution < 1.29 is 24.5 Å². The van der Waals surface area contributed by atoms with Crippen LogP contribution in [0.4, 0.5) is 0 Å². The molecule has 0 unspecified atom stereocenters. The highest BCUT2D eigenvalue weighted by Crippen LogP contribution is 2.33. The number of hydroxylamine groups is 2. The van der Waals surface area contributed by atoms with E-state index in [4.69, 9.17) is 14.2 Å². The van der Waals surface area contributed by atoms with E-state index in [1.54, 1.807) is 6.20 Å². The minimum atomic E-state index is -1.07. The number of thiazole rings is 1. The molecule has 7 nitrogen and oxygen atoms in total. The van der Waals surface area contributed by atoms with Crippen LogP contribution in [0.5, 0.6) is 0 Å². The van der Waals surface area contributed by atoms with Gasteiger partial charge in [-0.2, -0.15) is 5.06 Å². The van der Waals surface area contributed by atoms with Gasteiger partial charge < -0.3 is 24.5 Å². The lowest BCUT2D eigenvalue weighted by atomic mass is 9.99. The Balaban J connectivity index is 1.46. The zero-order valence-electron chi connectivity index (χ0n) is 24.5. The third-order valence-electron chi connectivity index (χ3n) is 7.20. The second-order valence-corrected chi connectivity index (χ2v) is 11.4. The Labute approximate surface area is 262 Å². The Hall–Kier alpha value is -3.73. The molecule has 228 valence electrons. The summed E-state index contributed by atoms with van der Waals surface area (Å²) < 4.78 is 19.1. The van der Waals surface area contributed by atoms with Crippen molar-refractivity contribution in [2.75, 3.05) is 6.61 Å². The minimum Gasteiger partial charge on any atom is -0.388 e. The average molecular weight is 611 g/mol. The van der Waals surface area contributed by atoms with Gasteiger partial charge in [-0.15, -0.1) is 11.3 Å². The molecule has 5 aromatic rings. The van der Waals surface area contributed by atoms with Gasteiger partial charge in [0.2, 0.25) is 0 Å². The van der Waals surface area contributed by atoms with Crippen molar-refractivity contribution in [1.29, 1.82) is 0 Å². The normalized spacial score (nSPS) is 14.2. The van der Waals surface area contributed by atoms with Gasteiger partial charge in [0, 0.05) is 18.1 Å². The molecule has 4 atom stereocenters. The summed E-state index contributed by atoms with van der Waals surface area (Å²) >= 11 is 1.42. The van der Waals surface area contributed by atoms with Crippen molar-refractivity contribution in [3.63, 3.8) is 0 Å². The lowest BCUT2D eigenvalue weighted by Gasteiger charge is -2.38. The van der Waals surface area contributed by atoms with Crippen molar-refractivity contribution in [2.24, 2.45) is 0 Å². The molecule has 0 amide bonds. The number of ether oxygens (including phenoxy) is 3. The van der Waals surface area contributed by atoms with Crippen molar-refractivity contribution >= 4 is 11.3 Å². The quantitative estimate of drug-likeness (QED) is 0.112. The van der Waals surface area contributed by atoms with Crippen LogP contribution in [0.2, 0.25) is 0 Å². The van der Waals surface area contributed by atoms with E-state index >= 15 is 0 Å². The summed E-state index contributed by atoms with van der Waals surface area (Å²) in [5.74, 6) is 0. The standard InChI is InChI=1S/C36H38N2O5S/c39-32(27-41-24-29-15-7-2-8-16-29)34(42-25-30-17-9-3-10-18-30)35(43-26-31-19-11-4-12-20-31)33(36-37-21-22-44-36)38(40)23-28-13-5-1-6-14-28/h1-22,32-35,39-40H,23-27H2/t32-,33+,34+,35-/m1/s1. The highest BCUT2D eigenvalue weighted by Gasteiger charge is 2.41. The minimum absolute atomic E-state index is 0.00819. The first-order valence-electron chi connectivity index (χ1n) is 14.7. The molecule has 44 heavy (non-hydrogen) atoms. The second-order valence-electron chi connectivity index (χ2n) is 10.5. The summed E-state index contributed by atoms with van der Waals surface area (Å²) in [6.45, 7) is 1.06. The second kappa shape index (κ2) is 16.9. The van der Waals surface area contributed by atoms with Crippen LogP contribution < -0.4 is 0 Å². The molecule has 0 radical (unpaired) electrons. The number of aliphatic hydroxyl groups is 1. The largest absolute Gasteiger partial charge is 0.388 e. The maximum Gasteiger partial charge on any atom is 0.116 e. The van der Waals surface area contributed by atoms with Crippen LogP contribution in [0, 0.1) is 0 Å². The van der Waals surface area contributed by atoms with E-state index in [2.05, 4.69) is 4.98 Å². The molecular weight excluding hydrogens is 572 g/mol. The lowest BCUT2D eigenvalue weighted by molar-refractivity contribution is -0.220. The highest BCUT2D eigenvalue weighted by atomic mass is 32.1. The molecule has 0 saturated heterocycles. The Morgan fingerprint density at radius 2 is 1.11 bits per heavy atom. The number of hydrogen-bond donors (Lipinski definition) is 2. The molecule has 5 rings (SSSR count). The van der Waals surface area contributed by atoms with Crippen molar-refractivity contribution in [1.82, 2.24) is 10.0 Å². The Morgan fingerprint density at radius 3 is 1.61 bits per heavy atom. The summed E-state index contributed by atoms with van der Waals surface area (Å²) in [7, 11) is 0. The van der Waals surface area contributed by atoms with Crippen LogP contribution in [0.25, 0.3) is 0 Å². The van der Waals surface area contributed by atoms with E-state index in [9.17, 15) is 10.3 Å². The smallest absolute Gasteiger partial charge is 0.116 e. The summed E-state index contributed by atoms with van der Waals surface area (Å²) in [5.41, 5.74) is 3.84. The maximum absolute atomic E-state index is 11.7. The number of nitrogens with zero attached hydrogens (tertiary/aromatic N) is 2. The van der Waals surface area contributed by atoms with Gasteiger partial charge in [-0.1, -0.05) is 121 Å². The molecule has 0 aliphatic heterocycles. The van der Waals surface area contributed by atoms with E-state index in [1.807, 2.05) is 127 Å². The van der Waals surface area contributed by atoms with Crippen molar-refractivity contribution in [3.05, 3.63) is 160 Å². The number of aliphatic hydroxyl groups excluding tert-OH is 1. The van der Waals surface area contributed by atoms with Gasteiger partial charge in [-0.3, -0.25) is 0 Å². The first-order chi connectivity index (χ1) is 21.7. The number of hydrogen-bond acceptors (Lipinski definition) is 8. The van der Waals surface area contributed by atoms with Crippen molar-refractivity contribution in [2.45, 2.75) is 50.7 Å². The number of benzene rings is 4. The Morgan fingerprint density at radius 1 is 0.636 bits per heavy atom. The predicted octanol–water partition coefficient (Wildman–Crippen LogP) is 6.82. The molecule has 0 saturated carbocycles. The fourth-order valence-corrected chi connectivity index (χ4v) is 5.76. The van der Waals surface area contributed by atoms with Crippen LogP contribution in [0.15, 0.2) is 133 Å². The zero-order valence-corrected chi connectivity index (χ0v) is 25.3. The average Bonchev–Trinajstić information content (AvgIpc) is 3.60. The van der Waals surface area contributed by atoms with Gasteiger partial charge in [0.15, 0.2) is 0 Å². The number of aromatic nitrogens is 1. The van der Waals surface area contributed by atoms with Gasteiger partial charge in [-0.25, -0.2) is 4.98 Å². The van der Waals surface area contributed by atoms with Crippen LogP contribution in [-0.2, 0) is 40.6 Å². The molecular formula is C36H38N2O5S. The molecule has 0 aliphatic rings. The van der Waals surface area contributed by atoms with Gasteiger partial charge in [-0.05, 0) is 22.3 Å². The molecule has 0 bridgehead atoms. The molecule has 1 aromatic heterocycles. The van der Waals surface area contributed by atoms with Gasteiger partial charge in [0.25, 0.3) is 0 Å². The van der Waals surface area contributed by atoms with Crippen LogP contribution in [0.3, 0.4) is 0 Å².